The molecule has 2 aromatic rings. The van der Waals surface area contributed by atoms with Crippen LogP contribution in [0.25, 0.3) is 0 Å². The molecule has 1 aliphatic rings. The summed E-state index contributed by atoms with van der Waals surface area (Å²) in [6, 6.07) is 3.75. The van der Waals surface area contributed by atoms with E-state index in [2.05, 4.69) is 20.2 Å². The van der Waals surface area contributed by atoms with Crippen molar-refractivity contribution in [3.05, 3.63) is 41.4 Å². The molecule has 8 nitrogen and oxygen atoms in total. The summed E-state index contributed by atoms with van der Waals surface area (Å²) in [7, 11) is 3.22. The zero-order chi connectivity index (χ0) is 18.5. The maximum atomic E-state index is 12.2. The molecule has 8 heteroatoms. The van der Waals surface area contributed by atoms with Crippen LogP contribution in [0, 0.1) is 0 Å². The van der Waals surface area contributed by atoms with Crippen LogP contribution in [0.15, 0.2) is 22.7 Å². The number of carbonyl (C=O) groups excluding carboxylic acids is 1. The van der Waals surface area contributed by atoms with Crippen LogP contribution >= 0.6 is 0 Å². The van der Waals surface area contributed by atoms with Gasteiger partial charge in [0.1, 0.15) is 11.5 Å². The highest BCUT2D eigenvalue weighted by atomic mass is 16.5. The number of carbonyl (C=O) groups is 1. The number of oxazole rings is 1. The molecule has 26 heavy (non-hydrogen) atoms. The van der Waals surface area contributed by atoms with Gasteiger partial charge in [-0.15, -0.1) is 0 Å². The third kappa shape index (κ3) is 4.39. The first-order valence-corrected chi connectivity index (χ1v) is 8.58. The van der Waals surface area contributed by atoms with Crippen molar-refractivity contribution in [2.75, 3.05) is 27.4 Å². The van der Waals surface area contributed by atoms with Gasteiger partial charge in [-0.05, 0) is 19.1 Å². The van der Waals surface area contributed by atoms with Crippen LogP contribution in [0.4, 0.5) is 0 Å². The topological polar surface area (TPSA) is 89.7 Å². The van der Waals surface area contributed by atoms with Gasteiger partial charge in [0, 0.05) is 39.2 Å². The lowest BCUT2D eigenvalue weighted by molar-refractivity contribution is 0.0869. The van der Waals surface area contributed by atoms with Gasteiger partial charge in [0.15, 0.2) is 0 Å². The minimum atomic E-state index is -0.313. The van der Waals surface area contributed by atoms with E-state index in [4.69, 9.17) is 13.9 Å². The SMILES string of the molecule is COCC(C)NC(=O)c1nc2c(o1)CCN(Cc1ccc(OC)cn1)C2. The molecule has 1 unspecified atom stereocenters. The Morgan fingerprint density at radius 2 is 2.27 bits per heavy atom. The maximum absolute atomic E-state index is 12.2. The first kappa shape index (κ1) is 18.3. The molecule has 0 saturated carbocycles. The van der Waals surface area contributed by atoms with Gasteiger partial charge >= 0.3 is 5.91 Å². The van der Waals surface area contributed by atoms with E-state index in [-0.39, 0.29) is 17.8 Å². The van der Waals surface area contributed by atoms with E-state index in [1.165, 1.54) is 0 Å². The molecule has 3 rings (SSSR count). The molecule has 0 bridgehead atoms. The van der Waals surface area contributed by atoms with Crippen LogP contribution in [0.2, 0.25) is 0 Å². The lowest BCUT2D eigenvalue weighted by Crippen LogP contribution is -2.35. The van der Waals surface area contributed by atoms with E-state index in [9.17, 15) is 4.79 Å². The van der Waals surface area contributed by atoms with Crippen molar-refractivity contribution in [3.63, 3.8) is 0 Å². The minimum Gasteiger partial charge on any atom is -0.495 e. The predicted octanol–water partition coefficient (Wildman–Crippen LogP) is 1.40. The Morgan fingerprint density at radius 3 is 2.96 bits per heavy atom. The van der Waals surface area contributed by atoms with Gasteiger partial charge in [0.25, 0.3) is 5.89 Å². The Balaban J connectivity index is 1.61. The molecule has 0 spiro atoms. The highest BCUT2D eigenvalue weighted by molar-refractivity contribution is 5.89. The van der Waals surface area contributed by atoms with Crippen molar-refractivity contribution >= 4 is 5.91 Å². The second-order valence-electron chi connectivity index (χ2n) is 6.37. The van der Waals surface area contributed by atoms with E-state index in [0.29, 0.717) is 19.7 Å². The summed E-state index contributed by atoms with van der Waals surface area (Å²) >= 11 is 0. The first-order valence-electron chi connectivity index (χ1n) is 8.58. The number of nitrogens with zero attached hydrogens (tertiary/aromatic N) is 3. The Morgan fingerprint density at radius 1 is 1.42 bits per heavy atom. The molecular formula is C18H24N4O4. The van der Waals surface area contributed by atoms with Crippen LogP contribution < -0.4 is 10.1 Å². The summed E-state index contributed by atoms with van der Waals surface area (Å²) in [5, 5.41) is 2.81. The molecule has 3 heterocycles. The zero-order valence-corrected chi connectivity index (χ0v) is 15.3. The number of aromatic nitrogens is 2. The van der Waals surface area contributed by atoms with Crippen molar-refractivity contribution in [1.29, 1.82) is 0 Å². The largest absolute Gasteiger partial charge is 0.495 e. The zero-order valence-electron chi connectivity index (χ0n) is 15.3. The van der Waals surface area contributed by atoms with Crippen molar-refractivity contribution in [2.45, 2.75) is 32.5 Å². The fourth-order valence-corrected chi connectivity index (χ4v) is 2.92. The fourth-order valence-electron chi connectivity index (χ4n) is 2.92. The standard InChI is InChI=1S/C18H24N4O4/c1-12(11-24-2)20-17(23)18-21-15-10-22(7-6-16(15)26-18)9-13-4-5-14(25-3)8-19-13/h4-5,8,12H,6-7,9-11H2,1-3H3,(H,20,23). The lowest BCUT2D eigenvalue weighted by atomic mass is 10.1. The Hall–Kier alpha value is -2.45. The summed E-state index contributed by atoms with van der Waals surface area (Å²) < 4.78 is 15.8. The van der Waals surface area contributed by atoms with Gasteiger partial charge in [-0.3, -0.25) is 14.7 Å². The maximum Gasteiger partial charge on any atom is 0.307 e. The van der Waals surface area contributed by atoms with E-state index in [1.807, 2.05) is 19.1 Å². The van der Waals surface area contributed by atoms with Crippen molar-refractivity contribution in [1.82, 2.24) is 20.2 Å². The second-order valence-corrected chi connectivity index (χ2v) is 6.37. The number of ether oxygens (including phenoxy) is 2. The molecule has 0 radical (unpaired) electrons. The number of hydrogen-bond donors (Lipinski definition) is 1. The number of fused-ring (bicyclic) bond motifs is 1. The van der Waals surface area contributed by atoms with E-state index in [0.717, 1.165) is 35.9 Å². The molecule has 1 aliphatic heterocycles. The summed E-state index contributed by atoms with van der Waals surface area (Å²) in [5.41, 5.74) is 1.78. The van der Waals surface area contributed by atoms with Crippen molar-refractivity contribution in [2.24, 2.45) is 0 Å². The highest BCUT2D eigenvalue weighted by Crippen LogP contribution is 2.21. The van der Waals surface area contributed by atoms with Crippen LogP contribution in [-0.2, 0) is 24.2 Å². The number of pyridine rings is 1. The summed E-state index contributed by atoms with van der Waals surface area (Å²) in [6.45, 7) is 4.48. The third-order valence-electron chi connectivity index (χ3n) is 4.21. The number of nitrogens with one attached hydrogen (secondary N) is 1. The van der Waals surface area contributed by atoms with Crippen LogP contribution in [0.1, 0.15) is 34.8 Å². The van der Waals surface area contributed by atoms with Gasteiger partial charge in [0.05, 0.1) is 31.3 Å². The van der Waals surface area contributed by atoms with Crippen molar-refractivity contribution in [3.8, 4) is 5.75 Å². The molecule has 1 N–H and O–H groups in total. The number of hydrogen-bond acceptors (Lipinski definition) is 7. The Bertz CT molecular complexity index is 744. The average Bonchev–Trinajstić information content (AvgIpc) is 3.06. The van der Waals surface area contributed by atoms with Crippen LogP contribution in [0.3, 0.4) is 0 Å². The Labute approximate surface area is 152 Å². The predicted molar refractivity (Wildman–Crippen MR) is 93.9 cm³/mol. The summed E-state index contributed by atoms with van der Waals surface area (Å²) in [5.74, 6) is 1.33. The highest BCUT2D eigenvalue weighted by Gasteiger charge is 2.25. The lowest BCUT2D eigenvalue weighted by Gasteiger charge is -2.24. The summed E-state index contributed by atoms with van der Waals surface area (Å²) in [6.07, 6.45) is 2.43. The van der Waals surface area contributed by atoms with E-state index in [1.54, 1.807) is 20.4 Å². The number of amides is 1. The molecule has 1 atom stereocenters. The third-order valence-corrected chi connectivity index (χ3v) is 4.21. The van der Waals surface area contributed by atoms with Gasteiger partial charge in [0.2, 0.25) is 0 Å². The van der Waals surface area contributed by atoms with Gasteiger partial charge in [-0.1, -0.05) is 0 Å². The first-order chi connectivity index (χ1) is 12.6. The fraction of sp³-hybridized carbons (Fsp3) is 0.500. The molecule has 0 aliphatic carbocycles. The molecule has 0 aromatic carbocycles. The average molecular weight is 360 g/mol. The quantitative estimate of drug-likeness (QED) is 0.798. The molecule has 0 fully saturated rings. The smallest absolute Gasteiger partial charge is 0.307 e. The minimum absolute atomic E-state index is 0.103. The van der Waals surface area contributed by atoms with E-state index >= 15 is 0 Å². The molecule has 140 valence electrons. The molecule has 1 amide bonds. The van der Waals surface area contributed by atoms with Crippen LogP contribution in [0.5, 0.6) is 5.75 Å². The Kier molecular flexibility index (Phi) is 5.85. The number of rotatable bonds is 7. The van der Waals surface area contributed by atoms with Crippen LogP contribution in [-0.4, -0.2) is 54.2 Å². The van der Waals surface area contributed by atoms with Crippen molar-refractivity contribution < 1.29 is 18.7 Å². The van der Waals surface area contributed by atoms with Gasteiger partial charge in [-0.25, -0.2) is 4.98 Å². The second kappa shape index (κ2) is 8.29. The normalized spacial score (nSPS) is 15.3. The molecular weight excluding hydrogens is 336 g/mol. The van der Waals surface area contributed by atoms with E-state index < -0.39 is 0 Å². The number of methoxy groups -OCH3 is 2. The summed E-state index contributed by atoms with van der Waals surface area (Å²) in [4.78, 5) is 23.2. The van der Waals surface area contributed by atoms with Gasteiger partial charge < -0.3 is 19.2 Å². The van der Waals surface area contributed by atoms with Gasteiger partial charge in [-0.2, -0.15) is 0 Å². The molecule has 0 saturated heterocycles. The monoisotopic (exact) mass is 360 g/mol. The molecule has 2 aromatic heterocycles.